The summed E-state index contributed by atoms with van der Waals surface area (Å²) in [5, 5.41) is 0. The summed E-state index contributed by atoms with van der Waals surface area (Å²) in [7, 11) is 0. The van der Waals surface area contributed by atoms with Crippen LogP contribution in [-0.4, -0.2) is 46.2 Å². The van der Waals surface area contributed by atoms with Gasteiger partial charge in [-0.1, -0.05) is 0 Å². The summed E-state index contributed by atoms with van der Waals surface area (Å²) in [6.07, 6.45) is 11.7. The van der Waals surface area contributed by atoms with Crippen LogP contribution in [0.1, 0.15) is 58.3 Å². The van der Waals surface area contributed by atoms with Gasteiger partial charge in [-0.15, -0.1) is 0 Å². The fourth-order valence-electron chi connectivity index (χ4n) is 2.41. The minimum atomic E-state index is 0.849. The number of nitrogens with zero attached hydrogens (tertiary/aromatic N) is 1. The Hall–Kier alpha value is 0.830. The first-order valence-electron chi connectivity index (χ1n) is 6.58. The van der Waals surface area contributed by atoms with E-state index < -0.39 is 0 Å². The summed E-state index contributed by atoms with van der Waals surface area (Å²) in [5.41, 5.74) is 0. The molecule has 0 amide bonds. The fourth-order valence-corrected chi connectivity index (χ4v) is 5.05. The van der Waals surface area contributed by atoms with Crippen LogP contribution in [-0.2, 0) is 0 Å². The van der Waals surface area contributed by atoms with Crippen molar-refractivity contribution in [2.75, 3.05) is 13.1 Å². The van der Waals surface area contributed by atoms with Crippen LogP contribution in [0, 0.1) is 0 Å². The average Bonchev–Trinajstić information content (AvgIpc) is 2.70. The van der Waals surface area contributed by atoms with Crippen LogP contribution in [0.5, 0.6) is 0 Å². The summed E-state index contributed by atoms with van der Waals surface area (Å²) in [6, 6.07) is 0. The van der Waals surface area contributed by atoms with Crippen LogP contribution in [0.15, 0.2) is 0 Å². The van der Waals surface area contributed by atoms with Gasteiger partial charge in [0.15, 0.2) is 0 Å². The fraction of sp³-hybridized carbons (Fsp3) is 1.00. The molecule has 0 saturated carbocycles. The van der Waals surface area contributed by atoms with E-state index in [2.05, 4.69) is 11.8 Å². The summed E-state index contributed by atoms with van der Waals surface area (Å²) in [4.78, 5) is 2.76. The van der Waals surface area contributed by atoms with E-state index in [9.17, 15) is 0 Å². The van der Waals surface area contributed by atoms with Crippen molar-refractivity contribution in [2.45, 2.75) is 62.1 Å². The Kier molecular flexibility index (Phi) is 7.40. The van der Waals surface area contributed by atoms with Crippen molar-refractivity contribution in [2.24, 2.45) is 0 Å². The van der Waals surface area contributed by atoms with Gasteiger partial charge in [0.2, 0.25) is 0 Å². The van der Waals surface area contributed by atoms with Gasteiger partial charge in [0.1, 0.15) is 0 Å². The first-order chi connectivity index (χ1) is 6.84. The zero-order chi connectivity index (χ0) is 10.2. The monoisotopic (exact) mass is 299 g/mol. The molecule has 1 unspecified atom stereocenters. The minimum absolute atomic E-state index is 0.849. The molecule has 0 aromatic carbocycles. The number of rotatable bonds is 7. The molecule has 0 N–H and O–H groups in total. The molecular weight excluding hydrogens is 273 g/mol. The van der Waals surface area contributed by atoms with Crippen molar-refractivity contribution < 1.29 is 0 Å². The van der Waals surface area contributed by atoms with Crippen molar-refractivity contribution in [1.82, 2.24) is 4.90 Å². The second-order valence-electron chi connectivity index (χ2n) is 4.79. The van der Waals surface area contributed by atoms with Gasteiger partial charge in [-0.2, -0.15) is 0 Å². The Morgan fingerprint density at radius 3 is 2.36 bits per heavy atom. The van der Waals surface area contributed by atoms with E-state index in [4.69, 9.17) is 0 Å². The molecular formula is C12H26InN. The molecule has 1 nitrogen and oxygen atoms in total. The second kappa shape index (κ2) is 8.04. The van der Waals surface area contributed by atoms with Gasteiger partial charge in [-0.3, -0.25) is 0 Å². The Morgan fingerprint density at radius 1 is 1.07 bits per heavy atom. The zero-order valence-electron chi connectivity index (χ0n) is 10.1. The first-order valence-corrected chi connectivity index (χ1v) is 9.88. The predicted molar refractivity (Wildman–Crippen MR) is 66.5 cm³/mol. The Balaban J connectivity index is 1.94. The normalized spacial score (nSPS) is 20.1. The molecule has 0 aliphatic carbocycles. The van der Waals surface area contributed by atoms with E-state index in [0.717, 1.165) is 28.2 Å². The summed E-state index contributed by atoms with van der Waals surface area (Å²) in [5.74, 6) is 0. The summed E-state index contributed by atoms with van der Waals surface area (Å²) < 4.78 is 1.06. The van der Waals surface area contributed by atoms with Crippen molar-refractivity contribution in [3.8, 4) is 0 Å². The molecule has 1 aliphatic rings. The van der Waals surface area contributed by atoms with Crippen LogP contribution >= 0.6 is 0 Å². The van der Waals surface area contributed by atoms with Crippen LogP contribution in [0.2, 0.25) is 0 Å². The molecule has 0 spiro atoms. The van der Waals surface area contributed by atoms with Crippen LogP contribution in [0.25, 0.3) is 0 Å². The SMILES string of the molecule is CCCCCCC[CH]([InH2])N1CCCC1. The van der Waals surface area contributed by atoms with E-state index >= 15 is 0 Å². The summed E-state index contributed by atoms with van der Waals surface area (Å²) >= 11 is 0.849. The molecule has 1 fully saturated rings. The van der Waals surface area contributed by atoms with Gasteiger partial charge < -0.3 is 0 Å². The van der Waals surface area contributed by atoms with Crippen molar-refractivity contribution in [3.63, 3.8) is 0 Å². The molecule has 2 heteroatoms. The molecule has 0 radical (unpaired) electrons. The molecule has 1 aliphatic heterocycles. The maximum absolute atomic E-state index is 2.76. The van der Waals surface area contributed by atoms with E-state index in [-0.39, 0.29) is 0 Å². The van der Waals surface area contributed by atoms with Gasteiger partial charge in [-0.25, -0.2) is 0 Å². The van der Waals surface area contributed by atoms with E-state index in [1.807, 2.05) is 0 Å². The third kappa shape index (κ3) is 5.06. The molecule has 1 atom stereocenters. The maximum atomic E-state index is 2.76. The molecule has 0 bridgehead atoms. The van der Waals surface area contributed by atoms with Gasteiger partial charge in [0.05, 0.1) is 0 Å². The quantitative estimate of drug-likeness (QED) is 0.653. The van der Waals surface area contributed by atoms with Gasteiger partial charge >= 0.3 is 104 Å². The van der Waals surface area contributed by atoms with E-state index in [1.54, 1.807) is 0 Å². The molecule has 82 valence electrons. The average molecular weight is 299 g/mol. The number of hydrogen-bond donors (Lipinski definition) is 0. The Bertz CT molecular complexity index is 132. The third-order valence-electron chi connectivity index (χ3n) is 3.49. The molecule has 1 rings (SSSR count). The molecule has 1 saturated heterocycles. The predicted octanol–water partition coefficient (Wildman–Crippen LogP) is 2.40. The number of unbranched alkanes of at least 4 members (excludes halogenated alkanes) is 4. The first kappa shape index (κ1) is 12.9. The molecule has 1 heterocycles. The van der Waals surface area contributed by atoms with Crippen molar-refractivity contribution in [1.29, 1.82) is 0 Å². The number of hydrogen-bond acceptors (Lipinski definition) is 1. The zero-order valence-corrected chi connectivity index (χ0v) is 15.8. The van der Waals surface area contributed by atoms with E-state index in [0.29, 0.717) is 0 Å². The van der Waals surface area contributed by atoms with Gasteiger partial charge in [-0.05, 0) is 0 Å². The van der Waals surface area contributed by atoms with Gasteiger partial charge in [0.25, 0.3) is 0 Å². The third-order valence-corrected chi connectivity index (χ3v) is 7.22. The van der Waals surface area contributed by atoms with E-state index in [1.165, 1.54) is 64.5 Å². The standard InChI is InChI=1S/C12H24N.In.2H/c1-2-3-4-5-6-7-10-13-11-8-9-12-13;;;/h10H,2-9,11-12H2,1H3;;;. The van der Waals surface area contributed by atoms with Crippen molar-refractivity contribution in [3.05, 3.63) is 0 Å². The molecule has 0 aromatic rings. The Labute approximate surface area is 104 Å². The Morgan fingerprint density at radius 2 is 1.71 bits per heavy atom. The topological polar surface area (TPSA) is 3.24 Å². The second-order valence-corrected chi connectivity index (χ2v) is 8.60. The molecule has 14 heavy (non-hydrogen) atoms. The van der Waals surface area contributed by atoms with Gasteiger partial charge in [0, 0.05) is 0 Å². The van der Waals surface area contributed by atoms with Crippen molar-refractivity contribution >= 4 is 24.4 Å². The van der Waals surface area contributed by atoms with Crippen LogP contribution < -0.4 is 0 Å². The van der Waals surface area contributed by atoms with Crippen LogP contribution in [0.4, 0.5) is 0 Å². The molecule has 0 aromatic heterocycles. The number of likely N-dealkylation sites (tertiary alicyclic amines) is 1. The van der Waals surface area contributed by atoms with Crippen LogP contribution in [0.3, 0.4) is 0 Å². The summed E-state index contributed by atoms with van der Waals surface area (Å²) in [6.45, 7) is 5.11.